The predicted molar refractivity (Wildman–Crippen MR) is 89.7 cm³/mol. The highest BCUT2D eigenvalue weighted by Crippen LogP contribution is 2.31. The van der Waals surface area contributed by atoms with E-state index in [-0.39, 0.29) is 6.03 Å². The molecule has 0 atom stereocenters. The number of carbonyl (C=O) groups excluding carboxylic acids is 1. The molecule has 2 amide bonds. The molecule has 1 saturated heterocycles. The summed E-state index contributed by atoms with van der Waals surface area (Å²) in [6, 6.07) is 5.16. The maximum Gasteiger partial charge on any atom is 0.416 e. The zero-order chi connectivity index (χ0) is 18.3. The van der Waals surface area contributed by atoms with Crippen LogP contribution in [0.2, 0.25) is 0 Å². The fourth-order valence-corrected chi connectivity index (χ4v) is 2.67. The number of alkyl halides is 3. The summed E-state index contributed by atoms with van der Waals surface area (Å²) in [5, 5.41) is 2.83. The van der Waals surface area contributed by atoms with Gasteiger partial charge in [-0.2, -0.15) is 13.2 Å². The van der Waals surface area contributed by atoms with E-state index in [1.807, 2.05) is 11.8 Å². The molecule has 1 aromatic carbocycles. The van der Waals surface area contributed by atoms with Gasteiger partial charge in [0.1, 0.15) is 0 Å². The Kier molecular flexibility index (Phi) is 6.92. The van der Waals surface area contributed by atoms with Crippen LogP contribution in [0.15, 0.2) is 24.3 Å². The Morgan fingerprint density at radius 1 is 1.24 bits per heavy atom. The van der Waals surface area contributed by atoms with E-state index < -0.39 is 11.7 Å². The molecule has 25 heavy (non-hydrogen) atoms. The first-order valence-electron chi connectivity index (χ1n) is 8.44. The van der Waals surface area contributed by atoms with Gasteiger partial charge in [-0.1, -0.05) is 6.07 Å². The maximum atomic E-state index is 12.8. The van der Waals surface area contributed by atoms with Gasteiger partial charge in [-0.3, -0.25) is 0 Å². The van der Waals surface area contributed by atoms with Crippen molar-refractivity contribution < 1.29 is 22.7 Å². The summed E-state index contributed by atoms with van der Waals surface area (Å²) in [4.78, 5) is 15.6. The molecule has 1 N–H and O–H groups in total. The summed E-state index contributed by atoms with van der Waals surface area (Å²) in [5.74, 6) is 0. The third-order valence-electron chi connectivity index (χ3n) is 4.05. The molecule has 1 fully saturated rings. The second-order valence-electron chi connectivity index (χ2n) is 5.80. The minimum atomic E-state index is -4.35. The van der Waals surface area contributed by atoms with Crippen LogP contribution in [-0.4, -0.2) is 56.9 Å². The fourth-order valence-electron chi connectivity index (χ4n) is 2.67. The highest BCUT2D eigenvalue weighted by molar-refractivity contribution is 5.74. The van der Waals surface area contributed by atoms with Crippen molar-refractivity contribution in [3.63, 3.8) is 0 Å². The SMILES string of the molecule is CCOCCCNC(=O)N1CCN(c2cccc(C(F)(F)F)c2)CC1. The van der Waals surface area contributed by atoms with Gasteiger partial charge in [0.15, 0.2) is 0 Å². The first kappa shape index (κ1) is 19.4. The van der Waals surface area contributed by atoms with Gasteiger partial charge in [-0.15, -0.1) is 0 Å². The van der Waals surface area contributed by atoms with E-state index in [4.69, 9.17) is 4.74 Å². The molecule has 0 bridgehead atoms. The smallest absolute Gasteiger partial charge is 0.382 e. The normalized spacial score (nSPS) is 15.4. The summed E-state index contributed by atoms with van der Waals surface area (Å²) in [7, 11) is 0. The molecule has 1 aromatic rings. The summed E-state index contributed by atoms with van der Waals surface area (Å²) >= 11 is 0. The molecule has 1 heterocycles. The Morgan fingerprint density at radius 2 is 1.96 bits per heavy atom. The second-order valence-corrected chi connectivity index (χ2v) is 5.80. The number of hydrogen-bond donors (Lipinski definition) is 1. The third kappa shape index (κ3) is 5.81. The molecular weight excluding hydrogens is 335 g/mol. The van der Waals surface area contributed by atoms with E-state index in [2.05, 4.69) is 5.32 Å². The highest BCUT2D eigenvalue weighted by Gasteiger charge is 2.31. The first-order chi connectivity index (χ1) is 11.9. The van der Waals surface area contributed by atoms with Crippen LogP contribution < -0.4 is 10.2 Å². The summed E-state index contributed by atoms with van der Waals surface area (Å²) < 4.78 is 43.6. The molecule has 140 valence electrons. The number of benzene rings is 1. The van der Waals surface area contributed by atoms with Gasteiger partial charge < -0.3 is 19.9 Å². The second kappa shape index (κ2) is 8.94. The number of carbonyl (C=O) groups is 1. The number of rotatable bonds is 6. The highest BCUT2D eigenvalue weighted by atomic mass is 19.4. The van der Waals surface area contributed by atoms with Crippen LogP contribution in [0.4, 0.5) is 23.7 Å². The number of piperazine rings is 1. The molecule has 5 nitrogen and oxygen atoms in total. The van der Waals surface area contributed by atoms with Crippen molar-refractivity contribution in [2.75, 3.05) is 50.8 Å². The van der Waals surface area contributed by atoms with E-state index >= 15 is 0 Å². The van der Waals surface area contributed by atoms with E-state index in [0.29, 0.717) is 51.6 Å². The molecule has 0 aromatic heterocycles. The van der Waals surface area contributed by atoms with Gasteiger partial charge in [0, 0.05) is 51.6 Å². The lowest BCUT2D eigenvalue weighted by Gasteiger charge is -2.36. The summed E-state index contributed by atoms with van der Waals surface area (Å²) in [6.45, 7) is 5.71. The Hall–Kier alpha value is -1.96. The molecule has 0 spiro atoms. The Morgan fingerprint density at radius 3 is 2.60 bits per heavy atom. The van der Waals surface area contributed by atoms with E-state index in [0.717, 1.165) is 18.6 Å². The lowest BCUT2D eigenvalue weighted by atomic mass is 10.1. The third-order valence-corrected chi connectivity index (χ3v) is 4.05. The number of anilines is 1. The van der Waals surface area contributed by atoms with Crippen molar-refractivity contribution in [1.29, 1.82) is 0 Å². The van der Waals surface area contributed by atoms with Crippen molar-refractivity contribution in [3.05, 3.63) is 29.8 Å². The number of amides is 2. The summed E-state index contributed by atoms with van der Waals surface area (Å²) in [6.07, 6.45) is -3.59. The van der Waals surface area contributed by atoms with Gasteiger partial charge in [0.05, 0.1) is 5.56 Å². The standard InChI is InChI=1S/C17H24F3N3O2/c1-2-25-12-4-7-21-16(24)23-10-8-22(9-11-23)15-6-3-5-14(13-15)17(18,19)20/h3,5-6,13H,2,4,7-12H2,1H3,(H,21,24). The van der Waals surface area contributed by atoms with Gasteiger partial charge in [-0.05, 0) is 31.5 Å². The van der Waals surface area contributed by atoms with Gasteiger partial charge in [0.25, 0.3) is 0 Å². The molecule has 1 aliphatic rings. The van der Waals surface area contributed by atoms with Crippen LogP contribution in [0.3, 0.4) is 0 Å². The molecule has 2 rings (SSSR count). The van der Waals surface area contributed by atoms with Crippen molar-refractivity contribution in [3.8, 4) is 0 Å². The van der Waals surface area contributed by atoms with Gasteiger partial charge in [0.2, 0.25) is 0 Å². The lowest BCUT2D eigenvalue weighted by molar-refractivity contribution is -0.137. The summed E-state index contributed by atoms with van der Waals surface area (Å²) in [5.41, 5.74) is -0.119. The van der Waals surface area contributed by atoms with Crippen LogP contribution in [-0.2, 0) is 10.9 Å². The van der Waals surface area contributed by atoms with E-state index in [1.54, 1.807) is 11.0 Å². The van der Waals surface area contributed by atoms with Crippen LogP contribution in [0.1, 0.15) is 18.9 Å². The number of nitrogens with zero attached hydrogens (tertiary/aromatic N) is 2. The Balaban J connectivity index is 1.80. The number of urea groups is 1. The predicted octanol–water partition coefficient (Wildman–Crippen LogP) is 2.96. The zero-order valence-electron chi connectivity index (χ0n) is 14.3. The van der Waals surface area contributed by atoms with Crippen molar-refractivity contribution in [2.24, 2.45) is 0 Å². The van der Waals surface area contributed by atoms with Crippen molar-refractivity contribution in [1.82, 2.24) is 10.2 Å². The van der Waals surface area contributed by atoms with Crippen molar-refractivity contribution in [2.45, 2.75) is 19.5 Å². The molecule has 1 aliphatic heterocycles. The van der Waals surface area contributed by atoms with E-state index in [1.165, 1.54) is 6.07 Å². The monoisotopic (exact) mass is 359 g/mol. The number of hydrogen-bond acceptors (Lipinski definition) is 3. The first-order valence-corrected chi connectivity index (χ1v) is 8.44. The van der Waals surface area contributed by atoms with Crippen LogP contribution >= 0.6 is 0 Å². The maximum absolute atomic E-state index is 12.8. The topological polar surface area (TPSA) is 44.8 Å². The largest absolute Gasteiger partial charge is 0.416 e. The minimum Gasteiger partial charge on any atom is -0.382 e. The molecular formula is C17H24F3N3O2. The number of nitrogens with one attached hydrogen (secondary N) is 1. The Labute approximate surface area is 145 Å². The van der Waals surface area contributed by atoms with Gasteiger partial charge >= 0.3 is 12.2 Å². The Bertz CT molecular complexity index is 558. The lowest BCUT2D eigenvalue weighted by Crippen LogP contribution is -2.52. The van der Waals surface area contributed by atoms with Crippen LogP contribution in [0.5, 0.6) is 0 Å². The molecule has 0 radical (unpaired) electrons. The molecule has 0 aliphatic carbocycles. The van der Waals surface area contributed by atoms with E-state index in [9.17, 15) is 18.0 Å². The van der Waals surface area contributed by atoms with Gasteiger partial charge in [-0.25, -0.2) is 4.79 Å². The zero-order valence-corrected chi connectivity index (χ0v) is 14.3. The number of ether oxygens (including phenoxy) is 1. The number of halogens is 3. The average molecular weight is 359 g/mol. The average Bonchev–Trinajstić information content (AvgIpc) is 2.61. The molecule has 0 unspecified atom stereocenters. The quantitative estimate of drug-likeness (QED) is 0.795. The van der Waals surface area contributed by atoms with Crippen molar-refractivity contribution >= 4 is 11.7 Å². The van der Waals surface area contributed by atoms with Crippen LogP contribution in [0, 0.1) is 0 Å². The fraction of sp³-hybridized carbons (Fsp3) is 0.588. The molecule has 0 saturated carbocycles. The molecule has 8 heteroatoms. The minimum absolute atomic E-state index is 0.139. The van der Waals surface area contributed by atoms with Crippen LogP contribution in [0.25, 0.3) is 0 Å².